The highest BCUT2D eigenvalue weighted by Crippen LogP contribution is 2.23. The van der Waals surface area contributed by atoms with Crippen molar-refractivity contribution in [2.75, 3.05) is 18.5 Å². The Morgan fingerprint density at radius 1 is 1.24 bits per heavy atom. The molecule has 0 saturated heterocycles. The molecule has 1 rings (SSSR count). The number of ether oxygens (including phenoxy) is 1. The first-order valence-corrected chi connectivity index (χ1v) is 7.57. The molecule has 1 aromatic carbocycles. The Kier molecular flexibility index (Phi) is 7.61. The minimum absolute atomic E-state index is 0.209. The van der Waals surface area contributed by atoms with Gasteiger partial charge in [0.15, 0.2) is 0 Å². The number of amides is 2. The molecule has 1 unspecified atom stereocenters. The summed E-state index contributed by atoms with van der Waals surface area (Å²) in [4.78, 5) is 11.9. The zero-order chi connectivity index (χ0) is 15.7. The van der Waals surface area contributed by atoms with Gasteiger partial charge in [-0.05, 0) is 25.0 Å². The quantitative estimate of drug-likeness (QED) is 0.690. The lowest BCUT2D eigenvalue weighted by Crippen LogP contribution is -2.38. The molecule has 0 heterocycles. The van der Waals surface area contributed by atoms with Gasteiger partial charge in [0.2, 0.25) is 0 Å². The fourth-order valence-corrected chi connectivity index (χ4v) is 2.21. The van der Waals surface area contributed by atoms with Crippen molar-refractivity contribution >= 4 is 11.7 Å². The molecule has 0 spiro atoms. The van der Waals surface area contributed by atoms with Crippen molar-refractivity contribution in [3.8, 4) is 5.75 Å². The summed E-state index contributed by atoms with van der Waals surface area (Å²) in [6, 6.07) is 6.93. The molecular weight excluding hydrogens is 268 g/mol. The largest absolute Gasteiger partial charge is 0.492 e. The van der Waals surface area contributed by atoms with Crippen LogP contribution >= 0.6 is 0 Å². The maximum absolute atomic E-state index is 11.9. The molecule has 0 aliphatic carbocycles. The number of hydrogen-bond donors (Lipinski definition) is 3. The van der Waals surface area contributed by atoms with Gasteiger partial charge in [-0.25, -0.2) is 4.79 Å². The van der Waals surface area contributed by atoms with Crippen LogP contribution in [0.1, 0.15) is 33.6 Å². The summed E-state index contributed by atoms with van der Waals surface area (Å²) in [5.41, 5.74) is 0.619. The van der Waals surface area contributed by atoms with Crippen LogP contribution < -0.4 is 15.4 Å². The molecule has 0 radical (unpaired) electrons. The van der Waals surface area contributed by atoms with E-state index in [4.69, 9.17) is 4.74 Å². The second-order valence-corrected chi connectivity index (χ2v) is 4.91. The third kappa shape index (κ3) is 5.63. The lowest BCUT2D eigenvalue weighted by molar-refractivity contribution is 0.104. The summed E-state index contributed by atoms with van der Waals surface area (Å²) in [6.45, 7) is 6.75. The number of carbonyl (C=O) groups is 1. The van der Waals surface area contributed by atoms with Crippen LogP contribution in [0.15, 0.2) is 24.3 Å². The Labute approximate surface area is 126 Å². The molecule has 0 bridgehead atoms. The van der Waals surface area contributed by atoms with Gasteiger partial charge >= 0.3 is 6.03 Å². The maximum Gasteiger partial charge on any atom is 0.319 e. The topological polar surface area (TPSA) is 70.6 Å². The molecule has 2 amide bonds. The SMILES string of the molecule is CCOc1ccccc1NC(=O)NCC(O)C(CC)CC. The molecule has 1 aromatic rings. The first-order chi connectivity index (χ1) is 10.1. The number of nitrogens with one attached hydrogen (secondary N) is 2. The number of anilines is 1. The number of urea groups is 1. The number of carbonyl (C=O) groups excluding carboxylic acids is 1. The van der Waals surface area contributed by atoms with Crippen molar-refractivity contribution in [3.05, 3.63) is 24.3 Å². The molecule has 1 atom stereocenters. The van der Waals surface area contributed by atoms with E-state index in [2.05, 4.69) is 10.6 Å². The van der Waals surface area contributed by atoms with E-state index in [9.17, 15) is 9.90 Å². The van der Waals surface area contributed by atoms with Crippen molar-refractivity contribution in [3.63, 3.8) is 0 Å². The number of aliphatic hydroxyl groups is 1. The monoisotopic (exact) mass is 294 g/mol. The van der Waals surface area contributed by atoms with Gasteiger partial charge in [0, 0.05) is 6.54 Å². The highest BCUT2D eigenvalue weighted by Gasteiger charge is 2.16. The number of rotatable bonds is 8. The average molecular weight is 294 g/mol. The Balaban J connectivity index is 2.51. The average Bonchev–Trinajstić information content (AvgIpc) is 2.49. The predicted octanol–water partition coefficient (Wildman–Crippen LogP) is 3.00. The van der Waals surface area contributed by atoms with Crippen molar-refractivity contribution in [2.45, 2.75) is 39.7 Å². The summed E-state index contributed by atoms with van der Waals surface area (Å²) >= 11 is 0. The van der Waals surface area contributed by atoms with Crippen molar-refractivity contribution < 1.29 is 14.6 Å². The van der Waals surface area contributed by atoms with Gasteiger partial charge in [-0.3, -0.25) is 0 Å². The van der Waals surface area contributed by atoms with Crippen LogP contribution in [-0.2, 0) is 0 Å². The van der Waals surface area contributed by atoms with Crippen LogP contribution in [0.5, 0.6) is 5.75 Å². The number of aliphatic hydroxyl groups excluding tert-OH is 1. The predicted molar refractivity (Wildman–Crippen MR) is 84.7 cm³/mol. The van der Waals surface area contributed by atoms with Gasteiger partial charge in [0.05, 0.1) is 18.4 Å². The van der Waals surface area contributed by atoms with E-state index in [1.165, 1.54) is 0 Å². The van der Waals surface area contributed by atoms with Gasteiger partial charge in [0.25, 0.3) is 0 Å². The van der Waals surface area contributed by atoms with Crippen molar-refractivity contribution in [1.29, 1.82) is 0 Å². The maximum atomic E-state index is 11.9. The first-order valence-electron chi connectivity index (χ1n) is 7.57. The molecule has 0 fully saturated rings. The van der Waals surface area contributed by atoms with Crippen LogP contribution in [0.2, 0.25) is 0 Å². The van der Waals surface area contributed by atoms with Crippen molar-refractivity contribution in [2.24, 2.45) is 5.92 Å². The second-order valence-electron chi connectivity index (χ2n) is 4.91. The zero-order valence-corrected chi connectivity index (χ0v) is 13.1. The van der Waals surface area contributed by atoms with Gasteiger partial charge < -0.3 is 20.5 Å². The van der Waals surface area contributed by atoms with E-state index < -0.39 is 6.10 Å². The van der Waals surface area contributed by atoms with Crippen molar-refractivity contribution in [1.82, 2.24) is 5.32 Å². The Morgan fingerprint density at radius 2 is 1.90 bits per heavy atom. The lowest BCUT2D eigenvalue weighted by Gasteiger charge is -2.20. The number of hydrogen-bond acceptors (Lipinski definition) is 3. The Bertz CT molecular complexity index is 433. The minimum Gasteiger partial charge on any atom is -0.492 e. The van der Waals surface area contributed by atoms with E-state index >= 15 is 0 Å². The summed E-state index contributed by atoms with van der Waals surface area (Å²) in [6.07, 6.45) is 1.27. The Morgan fingerprint density at radius 3 is 2.52 bits per heavy atom. The first kappa shape index (κ1) is 17.3. The molecule has 21 heavy (non-hydrogen) atoms. The van der Waals surface area contributed by atoms with E-state index in [0.717, 1.165) is 12.8 Å². The highest BCUT2D eigenvalue weighted by molar-refractivity contribution is 5.90. The van der Waals surface area contributed by atoms with Crippen LogP contribution in [0.4, 0.5) is 10.5 Å². The van der Waals surface area contributed by atoms with E-state index in [1.807, 2.05) is 32.9 Å². The highest BCUT2D eigenvalue weighted by atomic mass is 16.5. The zero-order valence-electron chi connectivity index (χ0n) is 13.1. The summed E-state index contributed by atoms with van der Waals surface area (Å²) in [7, 11) is 0. The summed E-state index contributed by atoms with van der Waals surface area (Å²) in [5, 5.41) is 15.4. The fourth-order valence-electron chi connectivity index (χ4n) is 2.21. The summed E-state index contributed by atoms with van der Waals surface area (Å²) in [5.74, 6) is 0.844. The number of benzene rings is 1. The van der Waals surface area contributed by atoms with E-state index in [-0.39, 0.29) is 18.5 Å². The molecule has 0 aromatic heterocycles. The third-order valence-electron chi connectivity index (χ3n) is 3.50. The standard InChI is InChI=1S/C16H26N2O3/c1-4-12(5-2)14(19)11-17-16(20)18-13-9-7-8-10-15(13)21-6-3/h7-10,12,14,19H,4-6,11H2,1-3H3,(H2,17,18,20). The molecule has 5 nitrogen and oxygen atoms in total. The molecule has 0 saturated carbocycles. The van der Waals surface area contributed by atoms with Gasteiger partial charge in [0.1, 0.15) is 5.75 Å². The fraction of sp³-hybridized carbons (Fsp3) is 0.562. The molecule has 5 heteroatoms. The third-order valence-corrected chi connectivity index (χ3v) is 3.50. The normalized spacial score (nSPS) is 12.0. The second kappa shape index (κ2) is 9.23. The molecule has 3 N–H and O–H groups in total. The van der Waals surface area contributed by atoms with Crippen LogP contribution in [0.25, 0.3) is 0 Å². The molecule has 0 aliphatic rings. The van der Waals surface area contributed by atoms with Gasteiger partial charge in [-0.15, -0.1) is 0 Å². The smallest absolute Gasteiger partial charge is 0.319 e. The van der Waals surface area contributed by atoms with Crippen LogP contribution in [0, 0.1) is 5.92 Å². The van der Waals surface area contributed by atoms with Gasteiger partial charge in [-0.2, -0.15) is 0 Å². The lowest BCUT2D eigenvalue weighted by atomic mass is 9.97. The van der Waals surface area contributed by atoms with E-state index in [1.54, 1.807) is 12.1 Å². The van der Waals surface area contributed by atoms with E-state index in [0.29, 0.717) is 18.0 Å². The van der Waals surface area contributed by atoms with Gasteiger partial charge in [-0.1, -0.05) is 38.8 Å². The molecule has 118 valence electrons. The Hall–Kier alpha value is -1.75. The minimum atomic E-state index is -0.520. The number of para-hydroxylation sites is 2. The van der Waals surface area contributed by atoms with Crippen LogP contribution in [0.3, 0.4) is 0 Å². The molecular formula is C16H26N2O3. The summed E-state index contributed by atoms with van der Waals surface area (Å²) < 4.78 is 5.44. The molecule has 0 aliphatic heterocycles. The van der Waals surface area contributed by atoms with Crippen LogP contribution in [-0.4, -0.2) is 30.4 Å².